The summed E-state index contributed by atoms with van der Waals surface area (Å²) >= 11 is 5.83. The van der Waals surface area contributed by atoms with Crippen molar-refractivity contribution in [2.24, 2.45) is 0 Å². The highest BCUT2D eigenvalue weighted by Gasteiger charge is 2.07. The molecule has 0 saturated carbocycles. The van der Waals surface area contributed by atoms with Crippen molar-refractivity contribution in [1.29, 1.82) is 0 Å². The van der Waals surface area contributed by atoms with Crippen LogP contribution in [0.4, 0.5) is 0 Å². The third kappa shape index (κ3) is 3.58. The molecule has 98 valence electrons. The third-order valence-corrected chi connectivity index (χ3v) is 3.33. The maximum Gasteiger partial charge on any atom is 0.163 e. The van der Waals surface area contributed by atoms with Crippen molar-refractivity contribution < 1.29 is 9.90 Å². The molecule has 0 fully saturated rings. The molecule has 0 aliphatic heterocycles. The fraction of sp³-hybridized carbons (Fsp3) is 0.188. The van der Waals surface area contributed by atoms with Crippen LogP contribution in [-0.4, -0.2) is 10.9 Å². The molecule has 19 heavy (non-hydrogen) atoms. The van der Waals surface area contributed by atoms with Gasteiger partial charge in [0, 0.05) is 12.0 Å². The van der Waals surface area contributed by atoms with Crippen molar-refractivity contribution in [3.8, 4) is 5.75 Å². The maximum atomic E-state index is 12.0. The Bertz CT molecular complexity index is 588. The van der Waals surface area contributed by atoms with E-state index in [9.17, 15) is 9.90 Å². The molecule has 0 atom stereocenters. The van der Waals surface area contributed by atoms with Gasteiger partial charge >= 0.3 is 0 Å². The number of halogens is 1. The molecular formula is C16H15ClO2. The SMILES string of the molecule is Cc1ccc(C(=O)CCc2ccc(O)c(Cl)c2)cc1. The predicted octanol–water partition coefficient (Wildman–Crippen LogP) is 4.17. The van der Waals surface area contributed by atoms with Gasteiger partial charge in [-0.15, -0.1) is 0 Å². The number of aromatic hydroxyl groups is 1. The third-order valence-electron chi connectivity index (χ3n) is 3.03. The molecule has 2 rings (SSSR count). The number of ketones is 1. The Morgan fingerprint density at radius 1 is 1.16 bits per heavy atom. The summed E-state index contributed by atoms with van der Waals surface area (Å²) in [7, 11) is 0. The molecule has 0 saturated heterocycles. The molecule has 0 aliphatic carbocycles. The fourth-order valence-corrected chi connectivity index (χ4v) is 2.05. The van der Waals surface area contributed by atoms with Gasteiger partial charge in [-0.2, -0.15) is 0 Å². The average Bonchev–Trinajstić information content (AvgIpc) is 2.40. The van der Waals surface area contributed by atoms with Crippen LogP contribution in [0.3, 0.4) is 0 Å². The minimum atomic E-state index is 0.0651. The molecule has 0 heterocycles. The van der Waals surface area contributed by atoms with Gasteiger partial charge in [0.1, 0.15) is 5.75 Å². The molecule has 3 heteroatoms. The number of carbonyl (C=O) groups excluding carboxylic acids is 1. The Labute approximate surface area is 117 Å². The summed E-state index contributed by atoms with van der Waals surface area (Å²) in [6.45, 7) is 1.99. The molecule has 0 aromatic heterocycles. The zero-order chi connectivity index (χ0) is 13.8. The first-order valence-corrected chi connectivity index (χ1v) is 6.51. The van der Waals surface area contributed by atoms with E-state index in [1.54, 1.807) is 18.2 Å². The molecule has 2 nitrogen and oxygen atoms in total. The van der Waals surface area contributed by atoms with Gasteiger partial charge in [-0.1, -0.05) is 47.5 Å². The van der Waals surface area contributed by atoms with Crippen LogP contribution in [0, 0.1) is 6.92 Å². The first-order chi connectivity index (χ1) is 9.06. The maximum absolute atomic E-state index is 12.0. The van der Waals surface area contributed by atoms with Gasteiger partial charge in [-0.05, 0) is 31.0 Å². The van der Waals surface area contributed by atoms with Gasteiger partial charge < -0.3 is 5.11 Å². The van der Waals surface area contributed by atoms with Crippen molar-refractivity contribution in [2.75, 3.05) is 0 Å². The molecule has 1 N–H and O–H groups in total. The normalized spacial score (nSPS) is 10.4. The van der Waals surface area contributed by atoms with Crippen LogP contribution >= 0.6 is 11.6 Å². The van der Waals surface area contributed by atoms with Gasteiger partial charge in [-0.25, -0.2) is 0 Å². The monoisotopic (exact) mass is 274 g/mol. The molecular weight excluding hydrogens is 260 g/mol. The van der Waals surface area contributed by atoms with E-state index in [0.29, 0.717) is 17.9 Å². The second-order valence-corrected chi connectivity index (χ2v) is 4.98. The summed E-state index contributed by atoms with van der Waals surface area (Å²) in [6.07, 6.45) is 1.05. The number of phenols is 1. The highest BCUT2D eigenvalue weighted by atomic mass is 35.5. The standard InChI is InChI=1S/C16H15ClO2/c1-11-2-6-13(7-3-11)15(18)8-4-12-5-9-16(19)14(17)10-12/h2-3,5-7,9-10,19H,4,8H2,1H3. The summed E-state index contributed by atoms with van der Waals surface area (Å²) in [5, 5.41) is 9.65. The van der Waals surface area contributed by atoms with Gasteiger partial charge in [0.25, 0.3) is 0 Å². The highest BCUT2D eigenvalue weighted by molar-refractivity contribution is 6.32. The predicted molar refractivity (Wildman–Crippen MR) is 76.9 cm³/mol. The Hall–Kier alpha value is -1.80. The smallest absolute Gasteiger partial charge is 0.163 e. The van der Waals surface area contributed by atoms with E-state index in [2.05, 4.69) is 0 Å². The molecule has 2 aromatic rings. The van der Waals surface area contributed by atoms with Crippen LogP contribution in [0.5, 0.6) is 5.75 Å². The first-order valence-electron chi connectivity index (χ1n) is 6.13. The summed E-state index contributed by atoms with van der Waals surface area (Å²) in [4.78, 5) is 12.0. The molecule has 0 spiro atoms. The number of phenolic OH excluding ortho intramolecular Hbond substituents is 1. The zero-order valence-corrected chi connectivity index (χ0v) is 11.4. The van der Waals surface area contributed by atoms with Crippen LogP contribution in [0.25, 0.3) is 0 Å². The molecule has 0 bridgehead atoms. The summed E-state index contributed by atoms with van der Waals surface area (Å²) in [5.74, 6) is 0.180. The molecule has 0 aliphatic rings. The minimum absolute atomic E-state index is 0.0651. The van der Waals surface area contributed by atoms with Crippen molar-refractivity contribution in [2.45, 2.75) is 19.8 Å². The lowest BCUT2D eigenvalue weighted by molar-refractivity contribution is 0.0983. The van der Waals surface area contributed by atoms with E-state index in [0.717, 1.165) is 16.7 Å². The van der Waals surface area contributed by atoms with Crippen molar-refractivity contribution in [3.05, 3.63) is 64.2 Å². The van der Waals surface area contributed by atoms with Gasteiger partial charge in [0.05, 0.1) is 5.02 Å². The topological polar surface area (TPSA) is 37.3 Å². The number of carbonyl (C=O) groups is 1. The zero-order valence-electron chi connectivity index (χ0n) is 10.7. The van der Waals surface area contributed by atoms with Crippen molar-refractivity contribution in [1.82, 2.24) is 0 Å². The van der Waals surface area contributed by atoms with E-state index < -0.39 is 0 Å². The van der Waals surface area contributed by atoms with E-state index in [-0.39, 0.29) is 11.5 Å². The minimum Gasteiger partial charge on any atom is -0.506 e. The Morgan fingerprint density at radius 2 is 1.84 bits per heavy atom. The van der Waals surface area contributed by atoms with Crippen molar-refractivity contribution in [3.63, 3.8) is 0 Å². The molecule has 0 amide bonds. The second kappa shape index (κ2) is 5.89. The number of benzene rings is 2. The highest BCUT2D eigenvalue weighted by Crippen LogP contribution is 2.24. The summed E-state index contributed by atoms with van der Waals surface area (Å²) < 4.78 is 0. The van der Waals surface area contributed by atoms with Crippen LogP contribution < -0.4 is 0 Å². The lowest BCUT2D eigenvalue weighted by Gasteiger charge is -2.04. The quantitative estimate of drug-likeness (QED) is 0.850. The number of Topliss-reactive ketones (excluding diaryl/α,β-unsaturated/α-hetero) is 1. The number of hydrogen-bond acceptors (Lipinski definition) is 2. The molecule has 2 aromatic carbocycles. The Kier molecular flexibility index (Phi) is 4.23. The van der Waals surface area contributed by atoms with Crippen LogP contribution in [0.2, 0.25) is 5.02 Å². The van der Waals surface area contributed by atoms with Gasteiger partial charge in [0.2, 0.25) is 0 Å². The Morgan fingerprint density at radius 3 is 2.47 bits per heavy atom. The lowest BCUT2D eigenvalue weighted by Crippen LogP contribution is -2.01. The van der Waals surface area contributed by atoms with Crippen LogP contribution in [0.1, 0.15) is 27.9 Å². The van der Waals surface area contributed by atoms with Crippen LogP contribution in [0.15, 0.2) is 42.5 Å². The van der Waals surface area contributed by atoms with Crippen molar-refractivity contribution >= 4 is 17.4 Å². The molecule has 0 radical (unpaired) electrons. The first kappa shape index (κ1) is 13.6. The number of rotatable bonds is 4. The van der Waals surface area contributed by atoms with E-state index >= 15 is 0 Å². The molecule has 0 unspecified atom stereocenters. The number of hydrogen-bond donors (Lipinski definition) is 1. The second-order valence-electron chi connectivity index (χ2n) is 4.57. The summed E-state index contributed by atoms with van der Waals surface area (Å²) in [6, 6.07) is 12.6. The largest absolute Gasteiger partial charge is 0.506 e. The van der Waals surface area contributed by atoms with Gasteiger partial charge in [0.15, 0.2) is 5.78 Å². The van der Waals surface area contributed by atoms with E-state index in [1.165, 1.54) is 0 Å². The number of aryl methyl sites for hydroxylation is 2. The van der Waals surface area contributed by atoms with Gasteiger partial charge in [-0.3, -0.25) is 4.79 Å². The van der Waals surface area contributed by atoms with E-state index in [1.807, 2.05) is 31.2 Å². The summed E-state index contributed by atoms with van der Waals surface area (Å²) in [5.41, 5.74) is 2.82. The lowest BCUT2D eigenvalue weighted by atomic mass is 10.0. The van der Waals surface area contributed by atoms with Crippen LogP contribution in [-0.2, 0) is 6.42 Å². The average molecular weight is 275 g/mol. The Balaban J connectivity index is 2.00. The fourth-order valence-electron chi connectivity index (χ4n) is 1.85. The van der Waals surface area contributed by atoms with E-state index in [4.69, 9.17) is 11.6 Å².